The second-order valence-electron chi connectivity index (χ2n) is 5.47. The van der Waals surface area contributed by atoms with Crippen molar-refractivity contribution in [2.75, 3.05) is 6.54 Å². The number of nitrogens with zero attached hydrogens (tertiary/aromatic N) is 1. The van der Waals surface area contributed by atoms with E-state index in [-0.39, 0.29) is 18.1 Å². The van der Waals surface area contributed by atoms with E-state index in [4.69, 9.17) is 11.6 Å². The van der Waals surface area contributed by atoms with Crippen molar-refractivity contribution in [3.63, 3.8) is 0 Å². The minimum atomic E-state index is -0.0700. The molecule has 1 aromatic carbocycles. The van der Waals surface area contributed by atoms with Crippen molar-refractivity contribution in [3.05, 3.63) is 34.9 Å². The molecule has 2 rings (SSSR count). The van der Waals surface area contributed by atoms with Crippen LogP contribution in [0.2, 0.25) is 5.02 Å². The van der Waals surface area contributed by atoms with Gasteiger partial charge in [-0.1, -0.05) is 44.5 Å². The summed E-state index contributed by atoms with van der Waals surface area (Å²) in [7, 11) is 0. The lowest BCUT2D eigenvalue weighted by Crippen LogP contribution is -2.34. The first-order chi connectivity index (χ1) is 9.02. The monoisotopic (exact) mass is 280 g/mol. The van der Waals surface area contributed by atoms with Crippen LogP contribution in [0.4, 0.5) is 0 Å². The zero-order chi connectivity index (χ0) is 14.0. The van der Waals surface area contributed by atoms with Gasteiger partial charge < -0.3 is 4.90 Å². The summed E-state index contributed by atoms with van der Waals surface area (Å²) in [4.78, 5) is 14.3. The number of carbonyl (C=O) groups is 1. The van der Waals surface area contributed by atoms with Crippen LogP contribution in [0.15, 0.2) is 24.3 Å². The van der Waals surface area contributed by atoms with Crippen LogP contribution in [0, 0.1) is 5.92 Å². The molecule has 0 saturated carbocycles. The third-order valence-corrected chi connectivity index (χ3v) is 3.66. The Labute approximate surface area is 119 Å². The van der Waals surface area contributed by atoms with E-state index >= 15 is 0 Å². The minimum Gasteiger partial charge on any atom is -0.321 e. The third-order valence-electron chi connectivity index (χ3n) is 3.41. The number of halogens is 1. The summed E-state index contributed by atoms with van der Waals surface area (Å²) in [6.07, 6.45) is 0.787. The average Bonchev–Trinajstić information content (AvgIpc) is 2.67. The molecule has 1 amide bonds. The smallest absolute Gasteiger partial charge is 0.241 e. The van der Waals surface area contributed by atoms with Crippen molar-refractivity contribution < 1.29 is 4.79 Å². The van der Waals surface area contributed by atoms with Gasteiger partial charge in [0.2, 0.25) is 5.91 Å². The summed E-state index contributed by atoms with van der Waals surface area (Å²) in [6, 6.07) is 7.64. The van der Waals surface area contributed by atoms with Gasteiger partial charge in [0.1, 0.15) is 6.17 Å². The molecule has 1 fully saturated rings. The van der Waals surface area contributed by atoms with E-state index in [1.165, 1.54) is 0 Å². The first-order valence-corrected chi connectivity index (χ1v) is 7.22. The predicted octanol–water partition coefficient (Wildman–Crippen LogP) is 3.21. The van der Waals surface area contributed by atoms with Crippen LogP contribution in [0.3, 0.4) is 0 Å². The summed E-state index contributed by atoms with van der Waals surface area (Å²) in [5.41, 5.74) is 1.09. The van der Waals surface area contributed by atoms with Crippen molar-refractivity contribution >= 4 is 17.5 Å². The molecular weight excluding hydrogens is 260 g/mol. The molecule has 1 heterocycles. The normalized spacial score (nSPS) is 23.4. The zero-order valence-corrected chi connectivity index (χ0v) is 12.4. The maximum Gasteiger partial charge on any atom is 0.241 e. The lowest BCUT2D eigenvalue weighted by molar-refractivity contribution is -0.130. The molecule has 1 aromatic rings. The van der Waals surface area contributed by atoms with Crippen molar-refractivity contribution in [1.29, 1.82) is 0 Å². The second-order valence-corrected chi connectivity index (χ2v) is 5.90. The van der Waals surface area contributed by atoms with Crippen LogP contribution in [-0.2, 0) is 4.79 Å². The van der Waals surface area contributed by atoms with Gasteiger partial charge in [0, 0.05) is 11.6 Å². The maximum absolute atomic E-state index is 12.4. The fourth-order valence-corrected chi connectivity index (χ4v) is 2.61. The molecular formula is C15H21ClN2O. The Hall–Kier alpha value is -1.06. The van der Waals surface area contributed by atoms with Crippen molar-refractivity contribution in [3.8, 4) is 0 Å². The summed E-state index contributed by atoms with van der Waals surface area (Å²) >= 11 is 5.92. The number of hydrogen-bond donors (Lipinski definition) is 1. The fourth-order valence-electron chi connectivity index (χ4n) is 2.48. The van der Waals surface area contributed by atoms with Gasteiger partial charge in [-0.2, -0.15) is 0 Å². The Morgan fingerprint density at radius 3 is 2.47 bits per heavy atom. The van der Waals surface area contributed by atoms with Gasteiger partial charge in [-0.05, 0) is 30.0 Å². The molecule has 0 radical (unpaired) electrons. The van der Waals surface area contributed by atoms with Gasteiger partial charge in [-0.25, -0.2) is 0 Å². The third kappa shape index (κ3) is 3.10. The highest BCUT2D eigenvalue weighted by atomic mass is 35.5. The predicted molar refractivity (Wildman–Crippen MR) is 78.0 cm³/mol. The van der Waals surface area contributed by atoms with Crippen molar-refractivity contribution in [2.45, 2.75) is 39.4 Å². The van der Waals surface area contributed by atoms with E-state index in [9.17, 15) is 4.79 Å². The van der Waals surface area contributed by atoms with Gasteiger partial charge in [0.05, 0.1) is 6.04 Å². The molecule has 0 aromatic heterocycles. The molecule has 3 nitrogen and oxygen atoms in total. The molecule has 1 aliphatic rings. The largest absolute Gasteiger partial charge is 0.321 e. The molecule has 0 aliphatic carbocycles. The molecule has 2 unspecified atom stereocenters. The Kier molecular flexibility index (Phi) is 4.48. The van der Waals surface area contributed by atoms with Gasteiger partial charge in [-0.3, -0.25) is 10.1 Å². The van der Waals surface area contributed by atoms with Crippen LogP contribution in [0.5, 0.6) is 0 Å². The van der Waals surface area contributed by atoms with Crippen LogP contribution in [0.1, 0.15) is 38.9 Å². The quantitative estimate of drug-likeness (QED) is 0.919. The molecule has 19 heavy (non-hydrogen) atoms. The van der Waals surface area contributed by atoms with E-state index in [0.29, 0.717) is 5.92 Å². The highest BCUT2D eigenvalue weighted by molar-refractivity contribution is 6.30. The molecule has 4 heteroatoms. The van der Waals surface area contributed by atoms with E-state index in [1.54, 1.807) is 0 Å². The van der Waals surface area contributed by atoms with E-state index < -0.39 is 0 Å². The van der Waals surface area contributed by atoms with E-state index in [1.807, 2.05) is 36.1 Å². The lowest BCUT2D eigenvalue weighted by atomic mass is 10.1. The van der Waals surface area contributed by atoms with Crippen molar-refractivity contribution in [2.24, 2.45) is 5.92 Å². The number of hydrogen-bond acceptors (Lipinski definition) is 2. The highest BCUT2D eigenvalue weighted by Crippen LogP contribution is 2.28. The summed E-state index contributed by atoms with van der Waals surface area (Å²) in [5, 5.41) is 4.13. The summed E-state index contributed by atoms with van der Waals surface area (Å²) in [5.74, 6) is 0.660. The maximum atomic E-state index is 12.4. The first kappa shape index (κ1) is 14.4. The van der Waals surface area contributed by atoms with Crippen molar-refractivity contribution in [1.82, 2.24) is 10.2 Å². The fraction of sp³-hybridized carbons (Fsp3) is 0.533. The number of nitrogens with one attached hydrogen (secondary N) is 1. The van der Waals surface area contributed by atoms with Crippen LogP contribution in [0.25, 0.3) is 0 Å². The number of carbonyl (C=O) groups excluding carboxylic acids is 1. The Bertz CT molecular complexity index is 444. The Balaban J connectivity index is 2.25. The van der Waals surface area contributed by atoms with Gasteiger partial charge >= 0.3 is 0 Å². The average molecular weight is 281 g/mol. The van der Waals surface area contributed by atoms with Crippen LogP contribution >= 0.6 is 11.6 Å². The minimum absolute atomic E-state index is 0.0304. The Morgan fingerprint density at radius 1 is 1.32 bits per heavy atom. The molecule has 0 spiro atoms. The number of amides is 1. The molecule has 1 saturated heterocycles. The Morgan fingerprint density at radius 2 is 1.95 bits per heavy atom. The highest BCUT2D eigenvalue weighted by Gasteiger charge is 2.38. The summed E-state index contributed by atoms with van der Waals surface area (Å²) in [6.45, 7) is 7.07. The van der Waals surface area contributed by atoms with Crippen LogP contribution in [-0.4, -0.2) is 23.4 Å². The van der Waals surface area contributed by atoms with Crippen LogP contribution < -0.4 is 5.32 Å². The second kappa shape index (κ2) is 5.93. The van der Waals surface area contributed by atoms with E-state index in [2.05, 4.69) is 19.2 Å². The molecule has 0 bridgehead atoms. The number of rotatable bonds is 4. The van der Waals surface area contributed by atoms with E-state index in [0.717, 1.165) is 23.6 Å². The molecule has 2 atom stereocenters. The standard InChI is InChI=1S/C15H21ClN2O/c1-4-13-15(19)18(9-10(2)3)14(17-13)11-5-7-12(16)8-6-11/h5-8,10,13-14,17H,4,9H2,1-3H3. The summed E-state index contributed by atoms with van der Waals surface area (Å²) < 4.78 is 0. The SMILES string of the molecule is CCC1NC(c2ccc(Cl)cc2)N(CC(C)C)C1=O. The van der Waals surface area contributed by atoms with Gasteiger partial charge in [0.15, 0.2) is 0 Å². The van der Waals surface area contributed by atoms with Gasteiger partial charge in [0.25, 0.3) is 0 Å². The topological polar surface area (TPSA) is 32.3 Å². The molecule has 1 N–H and O–H groups in total. The first-order valence-electron chi connectivity index (χ1n) is 6.85. The zero-order valence-electron chi connectivity index (χ0n) is 11.7. The lowest BCUT2D eigenvalue weighted by Gasteiger charge is -2.26. The molecule has 1 aliphatic heterocycles. The molecule has 104 valence electrons. The van der Waals surface area contributed by atoms with Gasteiger partial charge in [-0.15, -0.1) is 0 Å². The number of benzene rings is 1.